The van der Waals surface area contributed by atoms with Crippen molar-refractivity contribution in [3.63, 3.8) is 0 Å². The summed E-state index contributed by atoms with van der Waals surface area (Å²) < 4.78 is 0. The highest BCUT2D eigenvalue weighted by Crippen LogP contribution is 2.30. The molecule has 0 aliphatic rings. The maximum Gasteiger partial charge on any atom is 0.386 e. The zero-order chi connectivity index (χ0) is 23.1. The van der Waals surface area contributed by atoms with Crippen LogP contribution in [0.1, 0.15) is 20.7 Å². The number of hydrogen-bond acceptors (Lipinski definition) is 4. The first kappa shape index (κ1) is 19.9. The summed E-state index contributed by atoms with van der Waals surface area (Å²) in [5, 5.41) is 7.21. The van der Waals surface area contributed by atoms with E-state index >= 15 is 0 Å². The van der Waals surface area contributed by atoms with Gasteiger partial charge in [0.1, 0.15) is 0 Å². The lowest BCUT2D eigenvalue weighted by Gasteiger charge is -2.10. The average molecular weight is 442 g/mol. The number of carbonyl (C=O) groups is 2. The summed E-state index contributed by atoms with van der Waals surface area (Å²) in [7, 11) is 0. The summed E-state index contributed by atoms with van der Waals surface area (Å²) in [6, 6.07) is 34.4. The van der Waals surface area contributed by atoms with Crippen molar-refractivity contribution in [1.29, 1.82) is 0 Å². The van der Waals surface area contributed by atoms with Gasteiger partial charge in [0.05, 0.1) is 11.1 Å². The summed E-state index contributed by atoms with van der Waals surface area (Å²) in [4.78, 5) is 36.2. The minimum atomic E-state index is -0.722. The molecule has 6 rings (SSSR count). The molecule has 0 unspecified atom stereocenters. The summed E-state index contributed by atoms with van der Waals surface area (Å²) in [6.45, 7) is 0. The normalized spacial score (nSPS) is 11.2. The van der Waals surface area contributed by atoms with E-state index in [-0.39, 0.29) is 0 Å². The Morgan fingerprint density at radius 3 is 1.26 bits per heavy atom. The topological polar surface area (TPSA) is 52.6 Å². The first-order chi connectivity index (χ1) is 16.7. The van der Waals surface area contributed by atoms with Crippen molar-refractivity contribution < 1.29 is 19.4 Å². The van der Waals surface area contributed by atoms with Crippen molar-refractivity contribution in [3.05, 3.63) is 120 Å². The predicted octanol–water partition coefficient (Wildman–Crippen LogP) is 7.23. The summed E-state index contributed by atoms with van der Waals surface area (Å²) in [5.74, 6) is -1.44. The molecule has 6 aromatic carbocycles. The lowest BCUT2D eigenvalue weighted by Crippen LogP contribution is -2.12. The van der Waals surface area contributed by atoms with Gasteiger partial charge in [0, 0.05) is 10.8 Å². The molecule has 0 bridgehead atoms. The van der Waals surface area contributed by atoms with Gasteiger partial charge < -0.3 is 0 Å². The molecule has 162 valence electrons. The molecule has 6 aromatic rings. The van der Waals surface area contributed by atoms with Crippen LogP contribution in [0.25, 0.3) is 43.1 Å². The Hall–Kier alpha value is -4.70. The lowest BCUT2D eigenvalue weighted by atomic mass is 9.98. The summed E-state index contributed by atoms with van der Waals surface area (Å²) in [6.07, 6.45) is 0. The molecular formula is C30H18O4. The molecule has 0 fully saturated rings. The second-order valence-electron chi connectivity index (χ2n) is 8.12. The predicted molar refractivity (Wildman–Crippen MR) is 134 cm³/mol. The molecule has 0 saturated heterocycles. The standard InChI is InChI=1S/C30H18O4/c31-29(25-13-5-9-21-17-15-19-7-1-3-11-23(19)27(21)25)33-34-30(32)26-14-6-10-22-18-16-20-8-2-4-12-24(20)28(22)26/h1-18H. The van der Waals surface area contributed by atoms with Crippen molar-refractivity contribution in [1.82, 2.24) is 0 Å². The molecule has 0 atom stereocenters. The fourth-order valence-corrected chi connectivity index (χ4v) is 4.62. The minimum absolute atomic E-state index is 0.338. The van der Waals surface area contributed by atoms with Gasteiger partial charge in [-0.2, -0.15) is 0 Å². The van der Waals surface area contributed by atoms with Crippen molar-refractivity contribution in [2.24, 2.45) is 0 Å². The molecule has 4 heteroatoms. The molecule has 4 nitrogen and oxygen atoms in total. The smallest absolute Gasteiger partial charge is 0.241 e. The average Bonchev–Trinajstić information content (AvgIpc) is 2.90. The van der Waals surface area contributed by atoms with Gasteiger partial charge in [-0.05, 0) is 44.5 Å². The van der Waals surface area contributed by atoms with Crippen LogP contribution in [0.5, 0.6) is 0 Å². The fraction of sp³-hybridized carbons (Fsp3) is 0. The largest absolute Gasteiger partial charge is 0.386 e. The van der Waals surface area contributed by atoms with Crippen molar-refractivity contribution in [3.8, 4) is 0 Å². The van der Waals surface area contributed by atoms with Gasteiger partial charge in [-0.1, -0.05) is 97.1 Å². The fourth-order valence-electron chi connectivity index (χ4n) is 4.62. The number of carbonyl (C=O) groups excluding carboxylic acids is 2. The van der Waals surface area contributed by atoms with E-state index in [0.29, 0.717) is 11.1 Å². The monoisotopic (exact) mass is 442 g/mol. The van der Waals surface area contributed by atoms with Gasteiger partial charge in [0.25, 0.3) is 0 Å². The van der Waals surface area contributed by atoms with Gasteiger partial charge >= 0.3 is 11.9 Å². The van der Waals surface area contributed by atoms with Crippen molar-refractivity contribution in [2.45, 2.75) is 0 Å². The van der Waals surface area contributed by atoms with Crippen LogP contribution in [-0.4, -0.2) is 11.9 Å². The molecule has 0 aliphatic carbocycles. The highest BCUT2D eigenvalue weighted by Gasteiger charge is 2.20. The van der Waals surface area contributed by atoms with E-state index in [1.165, 1.54) is 0 Å². The third-order valence-electron chi connectivity index (χ3n) is 6.17. The van der Waals surface area contributed by atoms with Crippen molar-refractivity contribution >= 4 is 55.0 Å². The van der Waals surface area contributed by atoms with Gasteiger partial charge in [0.2, 0.25) is 0 Å². The lowest BCUT2D eigenvalue weighted by molar-refractivity contribution is -0.187. The van der Waals surface area contributed by atoms with Gasteiger partial charge in [-0.15, -0.1) is 0 Å². The highest BCUT2D eigenvalue weighted by atomic mass is 17.2. The molecule has 0 amide bonds. The third-order valence-corrected chi connectivity index (χ3v) is 6.17. The second kappa shape index (κ2) is 8.01. The molecule has 34 heavy (non-hydrogen) atoms. The molecule has 0 spiro atoms. The quantitative estimate of drug-likeness (QED) is 0.161. The molecule has 0 radical (unpaired) electrons. The SMILES string of the molecule is O=C(OOC(=O)c1cccc2ccc3ccccc3c12)c1cccc2ccc3ccccc3c12. The number of benzene rings is 6. The van der Waals surface area contributed by atoms with E-state index in [4.69, 9.17) is 9.78 Å². The first-order valence-electron chi connectivity index (χ1n) is 10.9. The van der Waals surface area contributed by atoms with Crippen molar-refractivity contribution in [2.75, 3.05) is 0 Å². The highest BCUT2D eigenvalue weighted by molar-refractivity contribution is 6.18. The van der Waals surface area contributed by atoms with Gasteiger partial charge in [-0.25, -0.2) is 19.4 Å². The van der Waals surface area contributed by atoms with E-state index in [2.05, 4.69) is 0 Å². The van der Waals surface area contributed by atoms with Crippen LogP contribution in [0, 0.1) is 0 Å². The van der Waals surface area contributed by atoms with Crippen LogP contribution >= 0.6 is 0 Å². The Balaban J connectivity index is 1.36. The number of rotatable bonds is 2. The van der Waals surface area contributed by atoms with E-state index in [9.17, 15) is 9.59 Å². The Bertz CT molecular complexity index is 1620. The first-order valence-corrected chi connectivity index (χ1v) is 10.9. The number of fused-ring (bicyclic) bond motifs is 6. The summed E-state index contributed by atoms with van der Waals surface area (Å²) >= 11 is 0. The maximum atomic E-state index is 13.0. The Labute approximate surface area is 194 Å². The van der Waals surface area contributed by atoms with Crippen LogP contribution in [-0.2, 0) is 9.78 Å². The molecule has 0 saturated carbocycles. The second-order valence-corrected chi connectivity index (χ2v) is 8.12. The van der Waals surface area contributed by atoms with Gasteiger partial charge in [0.15, 0.2) is 0 Å². The summed E-state index contributed by atoms with van der Waals surface area (Å²) in [5.41, 5.74) is 0.677. The molecule has 0 heterocycles. The maximum absolute atomic E-state index is 13.0. The molecular weight excluding hydrogens is 424 g/mol. The Morgan fingerprint density at radius 1 is 0.412 bits per heavy atom. The van der Waals surface area contributed by atoms with Crippen LogP contribution in [0.2, 0.25) is 0 Å². The Kier molecular flexibility index (Phi) is 4.70. The molecule has 0 aromatic heterocycles. The zero-order valence-electron chi connectivity index (χ0n) is 18.0. The van der Waals surface area contributed by atoms with Gasteiger partial charge in [-0.3, -0.25) is 0 Å². The van der Waals surface area contributed by atoms with Crippen LogP contribution < -0.4 is 0 Å². The van der Waals surface area contributed by atoms with E-state index in [1.54, 1.807) is 24.3 Å². The van der Waals surface area contributed by atoms with Crippen LogP contribution in [0.15, 0.2) is 109 Å². The van der Waals surface area contributed by atoms with Crippen LogP contribution in [0.3, 0.4) is 0 Å². The van der Waals surface area contributed by atoms with E-state index in [0.717, 1.165) is 43.1 Å². The van der Waals surface area contributed by atoms with Crippen LogP contribution in [0.4, 0.5) is 0 Å². The third kappa shape index (κ3) is 3.24. The minimum Gasteiger partial charge on any atom is -0.241 e. The molecule has 0 aliphatic heterocycles. The Morgan fingerprint density at radius 2 is 0.794 bits per heavy atom. The van der Waals surface area contributed by atoms with E-state index in [1.807, 2.05) is 84.9 Å². The molecule has 0 N–H and O–H groups in total. The zero-order valence-corrected chi connectivity index (χ0v) is 18.0. The number of hydrogen-bond donors (Lipinski definition) is 0. The van der Waals surface area contributed by atoms with E-state index < -0.39 is 11.9 Å².